The number of methoxy groups -OCH3 is 1. The maximum absolute atomic E-state index is 13.9. The molecular weight excluding hydrogens is 1100 g/mol. The lowest BCUT2D eigenvalue weighted by atomic mass is 10.0. The van der Waals surface area contributed by atoms with E-state index < -0.39 is 6.04 Å². The van der Waals surface area contributed by atoms with Gasteiger partial charge >= 0.3 is 0 Å². The van der Waals surface area contributed by atoms with Crippen molar-refractivity contribution >= 4 is 58.2 Å². The molecule has 0 bridgehead atoms. The molecule has 464 valence electrons. The van der Waals surface area contributed by atoms with Crippen molar-refractivity contribution < 1.29 is 47.6 Å². The SMILES string of the molecule is C=C/C=C(\C=C)CNC(=O)C(c1ccc(OC)cc1)N(C(=O)CCc1ccc(OCCCCN(C)CCOCCOCC/C(C=NCCOCCOc2ccc(NC=O)cc2)=N/N)cc1)C(C)C.CNc1nc(CC(=O)N2CCN(C)CC2)cs1. The van der Waals surface area contributed by atoms with Gasteiger partial charge in [-0.25, -0.2) is 4.98 Å². The summed E-state index contributed by atoms with van der Waals surface area (Å²) in [6.07, 6.45) is 11.0. The Morgan fingerprint density at radius 1 is 0.824 bits per heavy atom. The molecule has 5 rings (SSSR count). The summed E-state index contributed by atoms with van der Waals surface area (Å²) in [7, 11) is 7.59. The zero-order valence-electron chi connectivity index (χ0n) is 50.7. The van der Waals surface area contributed by atoms with E-state index in [0.29, 0.717) is 114 Å². The Balaban J connectivity index is 0.000000771. The molecule has 0 radical (unpaired) electrons. The number of anilines is 2. The minimum absolute atomic E-state index is 0.121. The van der Waals surface area contributed by atoms with Crippen LogP contribution in [0.2, 0.25) is 0 Å². The average molecular weight is 1190 g/mol. The highest BCUT2D eigenvalue weighted by Gasteiger charge is 2.33. The highest BCUT2D eigenvalue weighted by Crippen LogP contribution is 2.28. The monoisotopic (exact) mass is 1190 g/mol. The third-order valence-corrected chi connectivity index (χ3v) is 14.3. The van der Waals surface area contributed by atoms with Gasteiger partial charge in [0.1, 0.15) is 29.9 Å². The van der Waals surface area contributed by atoms with E-state index in [2.05, 4.69) is 68.1 Å². The van der Waals surface area contributed by atoms with Gasteiger partial charge in [-0.1, -0.05) is 55.7 Å². The lowest BCUT2D eigenvalue weighted by Gasteiger charge is -2.35. The summed E-state index contributed by atoms with van der Waals surface area (Å²) in [5.74, 6) is 7.44. The van der Waals surface area contributed by atoms with Crippen LogP contribution in [0.1, 0.15) is 62.4 Å². The Morgan fingerprint density at radius 2 is 1.48 bits per heavy atom. The van der Waals surface area contributed by atoms with E-state index in [1.807, 2.05) is 67.6 Å². The maximum atomic E-state index is 13.9. The normalized spacial score (nSPS) is 13.2. The van der Waals surface area contributed by atoms with Gasteiger partial charge in [-0.3, -0.25) is 24.2 Å². The van der Waals surface area contributed by atoms with Crippen molar-refractivity contribution in [3.05, 3.63) is 132 Å². The Bertz CT molecular complexity index is 2660. The van der Waals surface area contributed by atoms with Gasteiger partial charge in [-0.2, -0.15) is 5.10 Å². The number of hydrazone groups is 1. The molecule has 0 spiro atoms. The van der Waals surface area contributed by atoms with Gasteiger partial charge in [0.25, 0.3) is 0 Å². The molecule has 1 unspecified atom stereocenters. The fraction of sp³-hybridized carbons (Fsp3) is 0.476. The fourth-order valence-corrected chi connectivity index (χ4v) is 9.21. The van der Waals surface area contributed by atoms with Crippen molar-refractivity contribution in [2.24, 2.45) is 15.9 Å². The maximum Gasteiger partial charge on any atom is 0.247 e. The number of piperazine rings is 1. The summed E-state index contributed by atoms with van der Waals surface area (Å²) < 4.78 is 34.0. The van der Waals surface area contributed by atoms with Gasteiger partial charge in [0.05, 0.1) is 77.7 Å². The van der Waals surface area contributed by atoms with Crippen LogP contribution >= 0.6 is 11.3 Å². The first kappa shape index (κ1) is 70.0. The zero-order chi connectivity index (χ0) is 61.4. The van der Waals surface area contributed by atoms with Crippen LogP contribution in [0.4, 0.5) is 10.8 Å². The number of aryl methyl sites for hydroxylation is 1. The number of thiazole rings is 1. The molecule has 21 nitrogen and oxygen atoms in total. The molecule has 3 aromatic carbocycles. The highest BCUT2D eigenvalue weighted by molar-refractivity contribution is 7.13. The summed E-state index contributed by atoms with van der Waals surface area (Å²) in [5, 5.41) is 15.1. The zero-order valence-corrected chi connectivity index (χ0v) is 51.5. The number of amides is 4. The van der Waals surface area contributed by atoms with E-state index in [-0.39, 0.29) is 36.7 Å². The molecule has 0 aliphatic carbocycles. The summed E-state index contributed by atoms with van der Waals surface area (Å²) in [5.41, 5.74) is 4.71. The van der Waals surface area contributed by atoms with E-state index in [4.69, 9.17) is 34.3 Å². The van der Waals surface area contributed by atoms with Crippen LogP contribution in [0.25, 0.3) is 0 Å². The van der Waals surface area contributed by atoms with Crippen molar-refractivity contribution in [2.45, 2.75) is 64.5 Å². The molecular formula is C63H91N11O10S. The Hall–Kier alpha value is -7.47. The lowest BCUT2D eigenvalue weighted by molar-refractivity contribution is -0.142. The number of carbonyl (C=O) groups excluding carboxylic acids is 4. The fourth-order valence-electron chi connectivity index (χ4n) is 8.54. The summed E-state index contributed by atoms with van der Waals surface area (Å²) in [4.78, 5) is 66.9. The summed E-state index contributed by atoms with van der Waals surface area (Å²) in [6, 6.07) is 21.1. The second kappa shape index (κ2) is 41.5. The third kappa shape index (κ3) is 27.9. The third-order valence-electron chi connectivity index (χ3n) is 13.4. The van der Waals surface area contributed by atoms with Crippen molar-refractivity contribution in [1.82, 2.24) is 29.9 Å². The largest absolute Gasteiger partial charge is 0.497 e. The second-order valence-corrected chi connectivity index (χ2v) is 21.0. The number of unbranched alkanes of at least 4 members (excludes halogenated alkanes) is 1. The molecule has 5 N–H and O–H groups in total. The first-order valence-corrected chi connectivity index (χ1v) is 29.8. The van der Waals surface area contributed by atoms with Crippen LogP contribution in [0.5, 0.6) is 17.2 Å². The molecule has 1 aromatic heterocycles. The number of nitrogens with two attached hydrogens (primary N) is 1. The number of rotatable bonds is 40. The van der Waals surface area contributed by atoms with Crippen LogP contribution in [0, 0.1) is 0 Å². The number of benzene rings is 3. The Labute approximate surface area is 507 Å². The number of aromatic nitrogens is 1. The van der Waals surface area contributed by atoms with E-state index >= 15 is 0 Å². The molecule has 1 atom stereocenters. The Morgan fingerprint density at radius 3 is 2.12 bits per heavy atom. The number of aliphatic imine (C=N–C) groups is 1. The van der Waals surface area contributed by atoms with Gasteiger partial charge in [0.15, 0.2) is 5.13 Å². The average Bonchev–Trinajstić information content (AvgIpc) is 4.13. The topological polar surface area (TPSA) is 236 Å². The molecule has 1 fully saturated rings. The molecule has 22 heteroatoms. The Kier molecular flexibility index (Phi) is 34.2. The van der Waals surface area contributed by atoms with Gasteiger partial charge in [-0.15, -0.1) is 11.3 Å². The molecule has 1 aliphatic heterocycles. The lowest BCUT2D eigenvalue weighted by Crippen LogP contribution is -2.47. The van der Waals surface area contributed by atoms with Gasteiger partial charge in [0, 0.05) is 82.5 Å². The van der Waals surface area contributed by atoms with Gasteiger partial charge < -0.3 is 69.8 Å². The van der Waals surface area contributed by atoms with E-state index in [1.54, 1.807) is 72.9 Å². The van der Waals surface area contributed by atoms with Crippen LogP contribution in [-0.2, 0) is 46.2 Å². The molecule has 0 saturated carbocycles. The second-order valence-electron chi connectivity index (χ2n) is 20.1. The van der Waals surface area contributed by atoms with Crippen molar-refractivity contribution in [3.63, 3.8) is 0 Å². The number of carbonyl (C=O) groups is 4. The standard InChI is InChI=1S/C52H73N7O9.C11H18N4OS/c1-7-11-42(8-2)38-55-52(62)51(44-15-21-47(63-6)22-16-44)59(41(3)4)50(61)25-14-43-12-19-48(20-13-43)67-30-10-9-28-58(5)29-33-66-35-34-64-31-26-46(57-53)39-54-27-32-65-36-37-68-49-23-17-45(18-24-49)56-40-60;1-12-11-13-9(8-17-11)7-10(16)15-5-3-14(2)4-6-15/h7-8,11-13,15-24,39-41,51H,1-2,9-10,14,25-38,53H2,3-6H3,(H,55,62)(H,56,60);8H,3-7H2,1-2H3,(H,12,13)/b42-11+,54-39?,57-46-;. The minimum atomic E-state index is -0.835. The van der Waals surface area contributed by atoms with Crippen molar-refractivity contribution in [1.29, 1.82) is 0 Å². The van der Waals surface area contributed by atoms with Gasteiger partial charge in [0.2, 0.25) is 24.1 Å². The quantitative estimate of drug-likeness (QED) is 0.00869. The first-order valence-electron chi connectivity index (χ1n) is 28.9. The summed E-state index contributed by atoms with van der Waals surface area (Å²) in [6.45, 7) is 21.3. The van der Waals surface area contributed by atoms with Crippen molar-refractivity contribution in [3.8, 4) is 17.2 Å². The number of hydrogen-bond acceptors (Lipinski definition) is 18. The van der Waals surface area contributed by atoms with Crippen LogP contribution in [0.15, 0.2) is 125 Å². The molecule has 4 aromatic rings. The predicted octanol–water partition coefficient (Wildman–Crippen LogP) is 7.09. The predicted molar refractivity (Wildman–Crippen MR) is 339 cm³/mol. The van der Waals surface area contributed by atoms with E-state index in [0.717, 1.165) is 79.8 Å². The van der Waals surface area contributed by atoms with E-state index in [9.17, 15) is 19.2 Å². The van der Waals surface area contributed by atoms with Crippen LogP contribution in [0.3, 0.4) is 0 Å². The molecule has 1 aliphatic rings. The number of likely N-dealkylation sites (N-methyl/N-ethyl adjacent to an activating group) is 2. The number of nitrogens with one attached hydrogen (secondary N) is 3. The smallest absolute Gasteiger partial charge is 0.247 e. The molecule has 1 saturated heterocycles. The van der Waals surface area contributed by atoms with Crippen LogP contribution in [-0.4, -0.2) is 200 Å². The number of hydrogen-bond donors (Lipinski definition) is 4. The molecule has 4 amide bonds. The van der Waals surface area contributed by atoms with Gasteiger partial charge in [-0.05, 0) is 119 Å². The molecule has 2 heterocycles. The van der Waals surface area contributed by atoms with Crippen molar-refractivity contribution in [2.75, 3.05) is 144 Å². The highest BCUT2D eigenvalue weighted by atomic mass is 32.1. The van der Waals surface area contributed by atoms with Crippen LogP contribution < -0.4 is 36.0 Å². The number of ether oxygens (including phenoxy) is 6. The first-order chi connectivity index (χ1) is 41.3. The molecule has 85 heavy (non-hydrogen) atoms. The van der Waals surface area contributed by atoms with E-state index in [1.165, 1.54) is 11.3 Å². The minimum Gasteiger partial charge on any atom is -0.497 e. The summed E-state index contributed by atoms with van der Waals surface area (Å²) >= 11 is 1.54. The number of nitrogens with zero attached hydrogens (tertiary/aromatic N) is 7. The number of allylic oxidation sites excluding steroid dienone is 2.